The monoisotopic (exact) mass is 347 g/mol. The van der Waals surface area contributed by atoms with Crippen molar-refractivity contribution < 1.29 is 9.53 Å². The largest absolute Gasteiger partial charge is 0.378 e. The summed E-state index contributed by atoms with van der Waals surface area (Å²) in [7, 11) is 0. The number of aryl methyl sites for hydroxylation is 1. The van der Waals surface area contributed by atoms with E-state index in [0.717, 1.165) is 36.9 Å². The molecule has 3 aliphatic rings. The zero-order valence-electron chi connectivity index (χ0n) is 14.5. The molecule has 2 fully saturated rings. The number of anilines is 1. The van der Waals surface area contributed by atoms with Gasteiger partial charge in [0.15, 0.2) is 0 Å². The van der Waals surface area contributed by atoms with Crippen molar-refractivity contribution in [3.63, 3.8) is 0 Å². The van der Waals surface area contributed by atoms with Gasteiger partial charge >= 0.3 is 6.03 Å². The lowest BCUT2D eigenvalue weighted by Gasteiger charge is -2.38. The smallest absolute Gasteiger partial charge is 0.320 e. The highest BCUT2D eigenvalue weighted by atomic mass is 16.5. The number of urea groups is 1. The SMILES string of the molecule is O=C(N1CCOCC1)N1CCN(c2nc3c(c(=O)[nH]2)CCCC3)CC1. The topological polar surface area (TPSA) is 81.8 Å². The van der Waals surface area contributed by atoms with E-state index in [4.69, 9.17) is 9.72 Å². The van der Waals surface area contributed by atoms with Gasteiger partial charge in [0.1, 0.15) is 0 Å². The molecular formula is C17H25N5O3. The number of aromatic nitrogens is 2. The lowest BCUT2D eigenvalue weighted by Crippen LogP contribution is -2.55. The number of morpholine rings is 1. The molecule has 25 heavy (non-hydrogen) atoms. The van der Waals surface area contributed by atoms with Gasteiger partial charge in [-0.1, -0.05) is 0 Å². The minimum Gasteiger partial charge on any atom is -0.378 e. The minimum absolute atomic E-state index is 0.00604. The predicted octanol–water partition coefficient (Wildman–Crippen LogP) is 0.223. The molecular weight excluding hydrogens is 322 g/mol. The molecule has 0 aromatic carbocycles. The molecule has 1 aromatic rings. The average molecular weight is 347 g/mol. The molecule has 8 heteroatoms. The number of H-pyrrole nitrogens is 1. The zero-order chi connectivity index (χ0) is 17.2. The fraction of sp³-hybridized carbons (Fsp3) is 0.706. The third kappa shape index (κ3) is 3.35. The summed E-state index contributed by atoms with van der Waals surface area (Å²) in [5.74, 6) is 0.657. The van der Waals surface area contributed by atoms with Crippen LogP contribution >= 0.6 is 0 Å². The molecule has 2 aliphatic heterocycles. The molecule has 0 radical (unpaired) electrons. The lowest BCUT2D eigenvalue weighted by molar-refractivity contribution is 0.0428. The maximum Gasteiger partial charge on any atom is 0.320 e. The molecule has 2 saturated heterocycles. The van der Waals surface area contributed by atoms with Gasteiger partial charge in [-0.15, -0.1) is 0 Å². The highest BCUT2D eigenvalue weighted by Crippen LogP contribution is 2.19. The van der Waals surface area contributed by atoms with Gasteiger partial charge in [-0.05, 0) is 25.7 Å². The van der Waals surface area contributed by atoms with E-state index in [9.17, 15) is 9.59 Å². The molecule has 1 aliphatic carbocycles. The fourth-order valence-corrected chi connectivity index (χ4v) is 3.80. The Labute approximate surface area is 146 Å². The highest BCUT2D eigenvalue weighted by molar-refractivity contribution is 5.75. The van der Waals surface area contributed by atoms with Gasteiger partial charge in [0, 0.05) is 44.8 Å². The Hall–Kier alpha value is -2.09. The van der Waals surface area contributed by atoms with Crippen LogP contribution < -0.4 is 10.5 Å². The van der Waals surface area contributed by atoms with E-state index in [-0.39, 0.29) is 11.6 Å². The van der Waals surface area contributed by atoms with Gasteiger partial charge < -0.3 is 19.4 Å². The molecule has 1 aromatic heterocycles. The van der Waals surface area contributed by atoms with Gasteiger partial charge in [0.2, 0.25) is 5.95 Å². The van der Waals surface area contributed by atoms with Crippen molar-refractivity contribution in [3.05, 3.63) is 21.6 Å². The first kappa shape index (κ1) is 16.4. The molecule has 3 heterocycles. The molecule has 0 bridgehead atoms. The summed E-state index contributed by atoms with van der Waals surface area (Å²) in [5.41, 5.74) is 1.82. The molecule has 0 saturated carbocycles. The second-order valence-electron chi connectivity index (χ2n) is 6.88. The molecule has 1 N–H and O–H groups in total. The van der Waals surface area contributed by atoms with E-state index in [1.165, 1.54) is 0 Å². The number of carbonyl (C=O) groups excluding carboxylic acids is 1. The summed E-state index contributed by atoms with van der Waals surface area (Å²) in [5, 5.41) is 0. The van der Waals surface area contributed by atoms with Crippen molar-refractivity contribution in [3.8, 4) is 0 Å². The Morgan fingerprint density at radius 2 is 1.64 bits per heavy atom. The Bertz CT molecular complexity index is 690. The summed E-state index contributed by atoms with van der Waals surface area (Å²) in [6, 6.07) is 0.0924. The third-order valence-electron chi connectivity index (χ3n) is 5.31. The number of hydrogen-bond donors (Lipinski definition) is 1. The van der Waals surface area contributed by atoms with Gasteiger partial charge in [0.25, 0.3) is 5.56 Å². The Kier molecular flexibility index (Phi) is 4.61. The van der Waals surface area contributed by atoms with Crippen molar-refractivity contribution in [1.82, 2.24) is 19.8 Å². The van der Waals surface area contributed by atoms with Crippen LogP contribution in [0.25, 0.3) is 0 Å². The van der Waals surface area contributed by atoms with Crippen LogP contribution in [0, 0.1) is 0 Å². The van der Waals surface area contributed by atoms with Crippen LogP contribution in [0.3, 0.4) is 0 Å². The number of amides is 2. The van der Waals surface area contributed by atoms with E-state index in [1.54, 1.807) is 0 Å². The average Bonchev–Trinajstić information content (AvgIpc) is 2.68. The standard InChI is InChI=1S/C17H25N5O3/c23-15-13-3-1-2-4-14(13)18-16(19-15)20-5-7-21(8-6-20)17(24)22-9-11-25-12-10-22/h1-12H2,(H,18,19,23). The molecule has 0 unspecified atom stereocenters. The first-order chi connectivity index (χ1) is 12.2. The summed E-state index contributed by atoms with van der Waals surface area (Å²) in [4.78, 5) is 38.3. The fourth-order valence-electron chi connectivity index (χ4n) is 3.80. The van der Waals surface area contributed by atoms with Crippen LogP contribution in [0.15, 0.2) is 4.79 Å². The van der Waals surface area contributed by atoms with Crippen LogP contribution in [0.1, 0.15) is 24.1 Å². The van der Waals surface area contributed by atoms with E-state index in [1.807, 2.05) is 9.80 Å². The van der Waals surface area contributed by atoms with Crippen LogP contribution in [-0.4, -0.2) is 78.3 Å². The number of rotatable bonds is 1. The van der Waals surface area contributed by atoms with Gasteiger partial charge in [0.05, 0.1) is 18.9 Å². The van der Waals surface area contributed by atoms with E-state index >= 15 is 0 Å². The van der Waals surface area contributed by atoms with Gasteiger partial charge in [-0.3, -0.25) is 9.78 Å². The van der Waals surface area contributed by atoms with Gasteiger partial charge in [-0.2, -0.15) is 0 Å². The van der Waals surface area contributed by atoms with Crippen LogP contribution in [0.4, 0.5) is 10.7 Å². The van der Waals surface area contributed by atoms with Crippen molar-refractivity contribution in [2.75, 3.05) is 57.4 Å². The normalized spacial score (nSPS) is 21.2. The number of fused-ring (bicyclic) bond motifs is 1. The Morgan fingerprint density at radius 1 is 0.960 bits per heavy atom. The summed E-state index contributed by atoms with van der Waals surface area (Å²) in [6.45, 7) is 5.25. The van der Waals surface area contributed by atoms with E-state index < -0.39 is 0 Å². The number of nitrogens with one attached hydrogen (secondary N) is 1. The van der Waals surface area contributed by atoms with Crippen LogP contribution in [0.5, 0.6) is 0 Å². The second kappa shape index (κ2) is 7.03. The van der Waals surface area contributed by atoms with Crippen LogP contribution in [0.2, 0.25) is 0 Å². The first-order valence-electron chi connectivity index (χ1n) is 9.21. The maximum atomic E-state index is 12.5. The third-order valence-corrected chi connectivity index (χ3v) is 5.31. The quantitative estimate of drug-likeness (QED) is 0.786. The van der Waals surface area contributed by atoms with Crippen molar-refractivity contribution in [2.45, 2.75) is 25.7 Å². The lowest BCUT2D eigenvalue weighted by atomic mass is 9.97. The molecule has 8 nitrogen and oxygen atoms in total. The number of nitrogens with zero attached hydrogens (tertiary/aromatic N) is 4. The summed E-state index contributed by atoms with van der Waals surface area (Å²) >= 11 is 0. The minimum atomic E-state index is 0.00604. The van der Waals surface area contributed by atoms with E-state index in [0.29, 0.717) is 58.4 Å². The molecule has 0 atom stereocenters. The number of aromatic amines is 1. The molecule has 2 amide bonds. The Morgan fingerprint density at radius 3 is 2.40 bits per heavy atom. The summed E-state index contributed by atoms with van der Waals surface area (Å²) in [6.07, 6.45) is 3.89. The Balaban J connectivity index is 1.41. The van der Waals surface area contributed by atoms with Gasteiger partial charge in [-0.25, -0.2) is 9.78 Å². The predicted molar refractivity (Wildman–Crippen MR) is 93.1 cm³/mol. The molecule has 136 valence electrons. The number of piperazine rings is 1. The maximum absolute atomic E-state index is 12.5. The van der Waals surface area contributed by atoms with E-state index in [2.05, 4.69) is 9.88 Å². The second-order valence-corrected chi connectivity index (χ2v) is 6.88. The number of hydrogen-bond acceptors (Lipinski definition) is 5. The first-order valence-corrected chi connectivity index (χ1v) is 9.21. The van der Waals surface area contributed by atoms with Crippen molar-refractivity contribution in [2.24, 2.45) is 0 Å². The van der Waals surface area contributed by atoms with Crippen molar-refractivity contribution in [1.29, 1.82) is 0 Å². The molecule has 4 rings (SSSR count). The summed E-state index contributed by atoms with van der Waals surface area (Å²) < 4.78 is 5.31. The number of ether oxygens (including phenoxy) is 1. The number of carbonyl (C=O) groups is 1. The molecule has 0 spiro atoms. The highest BCUT2D eigenvalue weighted by Gasteiger charge is 2.27. The van der Waals surface area contributed by atoms with Crippen molar-refractivity contribution >= 4 is 12.0 Å². The zero-order valence-corrected chi connectivity index (χ0v) is 14.5. The van der Waals surface area contributed by atoms with Crippen LogP contribution in [-0.2, 0) is 17.6 Å².